The first-order valence-electron chi connectivity index (χ1n) is 6.85. The molecule has 1 atom stereocenters. The van der Waals surface area contributed by atoms with E-state index in [1.165, 1.54) is 0 Å². The summed E-state index contributed by atoms with van der Waals surface area (Å²) in [6.07, 6.45) is -0.239. The lowest BCUT2D eigenvalue weighted by atomic mass is 10.1. The Morgan fingerprint density at radius 1 is 1.25 bits per heavy atom. The Labute approximate surface area is 119 Å². The van der Waals surface area contributed by atoms with E-state index in [4.69, 9.17) is 15.2 Å². The van der Waals surface area contributed by atoms with E-state index >= 15 is 0 Å². The fraction of sp³-hybridized carbons (Fsp3) is 0.643. The number of ether oxygens (including phenoxy) is 2. The second-order valence-electron chi connectivity index (χ2n) is 4.77. The number of carbonyl (C=O) groups excluding carboxylic acids is 1. The zero-order valence-corrected chi connectivity index (χ0v) is 12.8. The summed E-state index contributed by atoms with van der Waals surface area (Å²) in [4.78, 5) is 20.4. The largest absolute Gasteiger partial charge is 0.462 e. The molecule has 2 N–H and O–H groups in total. The number of hydrogen-bond acceptors (Lipinski definition) is 6. The summed E-state index contributed by atoms with van der Waals surface area (Å²) in [5.74, 6) is 0.356. The van der Waals surface area contributed by atoms with Crippen molar-refractivity contribution >= 4 is 11.8 Å². The van der Waals surface area contributed by atoms with Gasteiger partial charge < -0.3 is 15.2 Å². The highest BCUT2D eigenvalue weighted by molar-refractivity contribution is 5.95. The molecule has 1 aromatic heterocycles. The van der Waals surface area contributed by atoms with Crippen LogP contribution in [0.5, 0.6) is 0 Å². The lowest BCUT2D eigenvalue weighted by Gasteiger charge is -2.20. The van der Waals surface area contributed by atoms with Crippen LogP contribution in [-0.2, 0) is 9.47 Å². The molecule has 0 saturated carbocycles. The number of hydrogen-bond donors (Lipinski definition) is 1. The van der Waals surface area contributed by atoms with E-state index in [1.807, 2.05) is 20.8 Å². The first kappa shape index (κ1) is 16.4. The smallest absolute Gasteiger partial charge is 0.343 e. The van der Waals surface area contributed by atoms with E-state index < -0.39 is 5.97 Å². The maximum atomic E-state index is 11.8. The molecule has 0 fully saturated rings. The molecule has 1 heterocycles. The van der Waals surface area contributed by atoms with Gasteiger partial charge in [0, 0.05) is 6.61 Å². The van der Waals surface area contributed by atoms with Gasteiger partial charge in [-0.05, 0) is 26.7 Å². The van der Waals surface area contributed by atoms with Gasteiger partial charge in [-0.15, -0.1) is 0 Å². The maximum absolute atomic E-state index is 11.8. The van der Waals surface area contributed by atoms with Gasteiger partial charge in [0.25, 0.3) is 0 Å². The number of nitrogens with zero attached hydrogens (tertiary/aromatic N) is 2. The molecule has 0 amide bonds. The fourth-order valence-corrected chi connectivity index (χ4v) is 1.94. The molecule has 0 aliphatic rings. The van der Waals surface area contributed by atoms with Crippen molar-refractivity contribution in [1.29, 1.82) is 0 Å². The molecule has 0 aliphatic heterocycles. The zero-order valence-electron chi connectivity index (χ0n) is 12.8. The fourth-order valence-electron chi connectivity index (χ4n) is 1.94. The molecule has 0 saturated heterocycles. The molecule has 0 bridgehead atoms. The standard InChI is InChI=1S/C14H23N3O3/c1-6-19-11(8(3)4)13-16-9(5)10(12(15)17-13)14(18)20-7-2/h8,11H,6-7H2,1-5H3,(H2,15,16,17). The van der Waals surface area contributed by atoms with Crippen LogP contribution in [0.15, 0.2) is 0 Å². The van der Waals surface area contributed by atoms with Gasteiger partial charge in [-0.1, -0.05) is 13.8 Å². The van der Waals surface area contributed by atoms with Gasteiger partial charge in [0.05, 0.1) is 12.3 Å². The van der Waals surface area contributed by atoms with E-state index in [2.05, 4.69) is 9.97 Å². The molecular weight excluding hydrogens is 258 g/mol. The third-order valence-electron chi connectivity index (χ3n) is 2.82. The van der Waals surface area contributed by atoms with E-state index in [-0.39, 0.29) is 30.0 Å². The van der Waals surface area contributed by atoms with Crippen LogP contribution in [-0.4, -0.2) is 29.2 Å². The van der Waals surface area contributed by atoms with Gasteiger partial charge in [0.2, 0.25) is 0 Å². The number of aromatic nitrogens is 2. The van der Waals surface area contributed by atoms with Gasteiger partial charge in [0.1, 0.15) is 17.5 Å². The average Bonchev–Trinajstić information content (AvgIpc) is 2.34. The van der Waals surface area contributed by atoms with Crippen LogP contribution in [0, 0.1) is 12.8 Å². The van der Waals surface area contributed by atoms with Crippen LogP contribution in [0.4, 0.5) is 5.82 Å². The minimum atomic E-state index is -0.494. The first-order valence-corrected chi connectivity index (χ1v) is 6.85. The van der Waals surface area contributed by atoms with Gasteiger partial charge in [-0.2, -0.15) is 0 Å². The van der Waals surface area contributed by atoms with Crippen molar-refractivity contribution in [2.75, 3.05) is 18.9 Å². The Morgan fingerprint density at radius 3 is 2.35 bits per heavy atom. The van der Waals surface area contributed by atoms with E-state index in [1.54, 1.807) is 13.8 Å². The number of nitrogen functional groups attached to an aromatic ring is 1. The molecule has 1 rings (SSSR count). The van der Waals surface area contributed by atoms with E-state index in [0.717, 1.165) is 0 Å². The molecule has 0 aliphatic carbocycles. The molecule has 20 heavy (non-hydrogen) atoms. The summed E-state index contributed by atoms with van der Waals surface area (Å²) in [5.41, 5.74) is 6.62. The van der Waals surface area contributed by atoms with Crippen LogP contribution in [0.2, 0.25) is 0 Å². The summed E-state index contributed by atoms with van der Waals surface area (Å²) in [6, 6.07) is 0. The summed E-state index contributed by atoms with van der Waals surface area (Å²) in [7, 11) is 0. The monoisotopic (exact) mass is 281 g/mol. The molecule has 6 heteroatoms. The molecule has 0 spiro atoms. The van der Waals surface area contributed by atoms with Crippen molar-refractivity contribution in [2.24, 2.45) is 5.92 Å². The number of anilines is 1. The molecule has 6 nitrogen and oxygen atoms in total. The van der Waals surface area contributed by atoms with Crippen LogP contribution >= 0.6 is 0 Å². The van der Waals surface area contributed by atoms with E-state index in [9.17, 15) is 4.79 Å². The van der Waals surface area contributed by atoms with Crippen LogP contribution in [0.3, 0.4) is 0 Å². The minimum absolute atomic E-state index is 0.135. The van der Waals surface area contributed by atoms with E-state index in [0.29, 0.717) is 18.1 Å². The molecule has 112 valence electrons. The highest BCUT2D eigenvalue weighted by atomic mass is 16.5. The van der Waals surface area contributed by atoms with Crippen molar-refractivity contribution in [3.8, 4) is 0 Å². The SMILES string of the molecule is CCOC(=O)c1c(C)nc(C(OCC)C(C)C)nc1N. The molecule has 1 unspecified atom stereocenters. The van der Waals surface area contributed by atoms with Crippen molar-refractivity contribution in [3.63, 3.8) is 0 Å². The van der Waals surface area contributed by atoms with Gasteiger partial charge >= 0.3 is 5.97 Å². The number of rotatable bonds is 6. The minimum Gasteiger partial charge on any atom is -0.462 e. The number of aryl methyl sites for hydroxylation is 1. The third-order valence-corrected chi connectivity index (χ3v) is 2.82. The van der Waals surface area contributed by atoms with Gasteiger partial charge in [0.15, 0.2) is 5.82 Å². The summed E-state index contributed by atoms with van der Waals surface area (Å²) in [6.45, 7) is 10.3. The Kier molecular flexibility index (Phi) is 5.88. The summed E-state index contributed by atoms with van der Waals surface area (Å²) >= 11 is 0. The summed E-state index contributed by atoms with van der Waals surface area (Å²) in [5, 5.41) is 0. The predicted molar refractivity (Wildman–Crippen MR) is 76.3 cm³/mol. The second kappa shape index (κ2) is 7.19. The Bertz CT molecular complexity index is 452. The lowest BCUT2D eigenvalue weighted by molar-refractivity contribution is 0.0230. The van der Waals surface area contributed by atoms with Gasteiger partial charge in [-0.25, -0.2) is 14.8 Å². The average molecular weight is 281 g/mol. The quantitative estimate of drug-likeness (QED) is 0.805. The van der Waals surface area contributed by atoms with Crippen molar-refractivity contribution in [1.82, 2.24) is 9.97 Å². The molecule has 0 aromatic carbocycles. The lowest BCUT2D eigenvalue weighted by Crippen LogP contribution is -2.19. The molecule has 1 aromatic rings. The third kappa shape index (κ3) is 3.66. The normalized spacial score (nSPS) is 12.5. The zero-order chi connectivity index (χ0) is 15.3. The molecule has 0 radical (unpaired) electrons. The summed E-state index contributed by atoms with van der Waals surface area (Å²) < 4.78 is 10.6. The highest BCUT2D eigenvalue weighted by Crippen LogP contribution is 2.25. The first-order chi connectivity index (χ1) is 9.42. The Morgan fingerprint density at radius 2 is 1.90 bits per heavy atom. The van der Waals surface area contributed by atoms with Crippen LogP contribution in [0.25, 0.3) is 0 Å². The Balaban J connectivity index is 3.18. The number of nitrogens with two attached hydrogens (primary N) is 1. The Hall–Kier alpha value is -1.69. The second-order valence-corrected chi connectivity index (χ2v) is 4.77. The predicted octanol–water partition coefficient (Wildman–Crippen LogP) is 2.28. The highest BCUT2D eigenvalue weighted by Gasteiger charge is 2.24. The number of esters is 1. The maximum Gasteiger partial charge on any atom is 0.343 e. The van der Waals surface area contributed by atoms with Crippen molar-refractivity contribution in [2.45, 2.75) is 40.7 Å². The van der Waals surface area contributed by atoms with Crippen molar-refractivity contribution in [3.05, 3.63) is 17.1 Å². The van der Waals surface area contributed by atoms with Crippen LogP contribution < -0.4 is 5.73 Å². The van der Waals surface area contributed by atoms with Crippen molar-refractivity contribution < 1.29 is 14.3 Å². The topological polar surface area (TPSA) is 87.3 Å². The number of carbonyl (C=O) groups is 1. The van der Waals surface area contributed by atoms with Crippen LogP contribution in [0.1, 0.15) is 55.7 Å². The van der Waals surface area contributed by atoms with Gasteiger partial charge in [-0.3, -0.25) is 0 Å². The molecular formula is C14H23N3O3.